The summed E-state index contributed by atoms with van der Waals surface area (Å²) in [6.45, 7) is 4.11. The molecule has 0 saturated carbocycles. The van der Waals surface area contributed by atoms with Crippen LogP contribution in [0.15, 0.2) is 39.5 Å². The van der Waals surface area contributed by atoms with Crippen molar-refractivity contribution in [2.45, 2.75) is 32.7 Å². The van der Waals surface area contributed by atoms with Crippen LogP contribution in [-0.4, -0.2) is 25.0 Å². The van der Waals surface area contributed by atoms with Gasteiger partial charge in [0.1, 0.15) is 12.4 Å². The standard InChI is InChI=1S/C15H17N5O2/c1-10(2)14-18-17-13(22-14)9-20-15(21)16-12(19-20)8-11-6-4-3-5-7-11/h3-7,10H,8-9H2,1-2H3,(H,16,19,21). The lowest BCUT2D eigenvalue weighted by molar-refractivity contribution is 0.412. The monoisotopic (exact) mass is 299 g/mol. The molecule has 0 amide bonds. The third-order valence-electron chi connectivity index (χ3n) is 3.20. The Kier molecular flexibility index (Phi) is 3.86. The van der Waals surface area contributed by atoms with Crippen LogP contribution in [0.2, 0.25) is 0 Å². The van der Waals surface area contributed by atoms with Crippen LogP contribution in [0.1, 0.15) is 42.9 Å². The summed E-state index contributed by atoms with van der Waals surface area (Å²) in [4.78, 5) is 14.7. The molecule has 3 aromatic rings. The van der Waals surface area contributed by atoms with Gasteiger partial charge < -0.3 is 4.42 Å². The zero-order valence-electron chi connectivity index (χ0n) is 12.5. The number of rotatable bonds is 5. The first-order chi connectivity index (χ1) is 10.6. The van der Waals surface area contributed by atoms with Gasteiger partial charge in [-0.15, -0.1) is 10.2 Å². The SMILES string of the molecule is CC(C)c1nnc(Cn2nc(Cc3ccccc3)[nH]c2=O)o1. The lowest BCUT2D eigenvalue weighted by atomic mass is 10.1. The molecule has 0 bridgehead atoms. The van der Waals surface area contributed by atoms with Crippen LogP contribution in [0.25, 0.3) is 0 Å². The summed E-state index contributed by atoms with van der Waals surface area (Å²) in [5.74, 6) is 1.71. The number of nitrogens with one attached hydrogen (secondary N) is 1. The highest BCUT2D eigenvalue weighted by Crippen LogP contribution is 2.12. The fraction of sp³-hybridized carbons (Fsp3) is 0.333. The molecule has 7 nitrogen and oxygen atoms in total. The molecule has 7 heteroatoms. The van der Waals surface area contributed by atoms with Gasteiger partial charge in [0.2, 0.25) is 11.8 Å². The third-order valence-corrected chi connectivity index (χ3v) is 3.20. The Hall–Kier alpha value is -2.70. The Balaban J connectivity index is 1.76. The smallest absolute Gasteiger partial charge is 0.343 e. The van der Waals surface area contributed by atoms with E-state index in [4.69, 9.17) is 4.42 Å². The number of nitrogens with zero attached hydrogens (tertiary/aromatic N) is 4. The van der Waals surface area contributed by atoms with Crippen LogP contribution in [0.3, 0.4) is 0 Å². The van der Waals surface area contributed by atoms with E-state index in [1.54, 1.807) is 0 Å². The second-order valence-electron chi connectivity index (χ2n) is 5.39. The maximum atomic E-state index is 11.9. The van der Waals surface area contributed by atoms with Gasteiger partial charge in [0.25, 0.3) is 0 Å². The van der Waals surface area contributed by atoms with E-state index in [2.05, 4.69) is 20.3 Å². The predicted molar refractivity (Wildman–Crippen MR) is 79.6 cm³/mol. The van der Waals surface area contributed by atoms with Crippen molar-refractivity contribution < 1.29 is 4.42 Å². The topological polar surface area (TPSA) is 89.6 Å². The maximum Gasteiger partial charge on any atom is 0.343 e. The van der Waals surface area contributed by atoms with Gasteiger partial charge in [-0.2, -0.15) is 5.10 Å². The zero-order chi connectivity index (χ0) is 15.5. The van der Waals surface area contributed by atoms with Crippen LogP contribution in [0.4, 0.5) is 0 Å². The minimum atomic E-state index is -0.282. The predicted octanol–water partition coefficient (Wildman–Crippen LogP) is 1.72. The van der Waals surface area contributed by atoms with Crippen LogP contribution in [0.5, 0.6) is 0 Å². The molecule has 2 heterocycles. The van der Waals surface area contributed by atoms with Crippen molar-refractivity contribution in [3.63, 3.8) is 0 Å². The van der Waals surface area contributed by atoms with E-state index >= 15 is 0 Å². The van der Waals surface area contributed by atoms with Crippen LogP contribution in [0, 0.1) is 0 Å². The van der Waals surface area contributed by atoms with Crippen LogP contribution < -0.4 is 5.69 Å². The van der Waals surface area contributed by atoms with Crippen molar-refractivity contribution in [2.24, 2.45) is 0 Å². The molecule has 0 aliphatic rings. The second-order valence-corrected chi connectivity index (χ2v) is 5.39. The van der Waals surface area contributed by atoms with E-state index in [-0.39, 0.29) is 18.2 Å². The fourth-order valence-electron chi connectivity index (χ4n) is 2.07. The van der Waals surface area contributed by atoms with Crippen molar-refractivity contribution in [1.82, 2.24) is 25.0 Å². The van der Waals surface area contributed by atoms with Crippen molar-refractivity contribution in [3.8, 4) is 0 Å². The summed E-state index contributed by atoms with van der Waals surface area (Å²) < 4.78 is 6.80. The van der Waals surface area contributed by atoms with Crippen LogP contribution >= 0.6 is 0 Å². The average Bonchev–Trinajstić information content (AvgIpc) is 3.08. The van der Waals surface area contributed by atoms with Gasteiger partial charge >= 0.3 is 5.69 Å². The second kappa shape index (κ2) is 5.97. The number of hydrogen-bond acceptors (Lipinski definition) is 5. The first-order valence-electron chi connectivity index (χ1n) is 7.14. The van der Waals surface area contributed by atoms with Crippen LogP contribution in [-0.2, 0) is 13.0 Å². The maximum absolute atomic E-state index is 11.9. The number of hydrogen-bond donors (Lipinski definition) is 1. The molecule has 0 fully saturated rings. The summed E-state index contributed by atoms with van der Waals surface area (Å²) in [5, 5.41) is 12.2. The molecule has 1 N–H and O–H groups in total. The zero-order valence-corrected chi connectivity index (χ0v) is 12.5. The largest absolute Gasteiger partial charge is 0.423 e. The highest BCUT2D eigenvalue weighted by molar-refractivity contribution is 5.18. The lowest BCUT2D eigenvalue weighted by Crippen LogP contribution is -2.18. The minimum absolute atomic E-state index is 0.158. The van der Waals surface area contributed by atoms with Gasteiger partial charge in [0.15, 0.2) is 0 Å². The average molecular weight is 299 g/mol. The molecule has 0 radical (unpaired) electrons. The summed E-state index contributed by atoms with van der Waals surface area (Å²) in [7, 11) is 0. The Labute approximate surface area is 127 Å². The molecule has 0 spiro atoms. The van der Waals surface area contributed by atoms with Crippen molar-refractivity contribution in [2.75, 3.05) is 0 Å². The van der Waals surface area contributed by atoms with Crippen molar-refractivity contribution >= 4 is 0 Å². The Morgan fingerprint density at radius 1 is 1.23 bits per heavy atom. The molecular formula is C15H17N5O2. The quantitative estimate of drug-likeness (QED) is 0.774. The van der Waals surface area contributed by atoms with E-state index in [0.29, 0.717) is 24.0 Å². The molecule has 0 saturated heterocycles. The van der Waals surface area contributed by atoms with Gasteiger partial charge in [-0.3, -0.25) is 4.98 Å². The number of aromatic nitrogens is 5. The van der Waals surface area contributed by atoms with E-state index < -0.39 is 0 Å². The third kappa shape index (κ3) is 3.13. The molecule has 0 aliphatic heterocycles. The Bertz CT molecular complexity index is 801. The van der Waals surface area contributed by atoms with Gasteiger partial charge in [-0.05, 0) is 5.56 Å². The molecule has 114 valence electrons. The summed E-state index contributed by atoms with van der Waals surface area (Å²) in [6, 6.07) is 9.84. The molecule has 0 atom stereocenters. The number of H-pyrrole nitrogens is 1. The van der Waals surface area contributed by atoms with Gasteiger partial charge in [0.05, 0.1) is 0 Å². The minimum Gasteiger partial charge on any atom is -0.423 e. The fourth-order valence-corrected chi connectivity index (χ4v) is 2.07. The number of aromatic amines is 1. The molecule has 0 aliphatic carbocycles. The molecule has 1 aromatic carbocycles. The van der Waals surface area contributed by atoms with Gasteiger partial charge in [0, 0.05) is 12.3 Å². The molecule has 22 heavy (non-hydrogen) atoms. The Morgan fingerprint density at radius 3 is 2.68 bits per heavy atom. The van der Waals surface area contributed by atoms with E-state index in [1.807, 2.05) is 44.2 Å². The highest BCUT2D eigenvalue weighted by Gasteiger charge is 2.13. The first-order valence-corrected chi connectivity index (χ1v) is 7.14. The van der Waals surface area contributed by atoms with Crippen molar-refractivity contribution in [1.29, 1.82) is 0 Å². The van der Waals surface area contributed by atoms with E-state index in [0.717, 1.165) is 5.56 Å². The summed E-state index contributed by atoms with van der Waals surface area (Å²) >= 11 is 0. The molecule has 2 aromatic heterocycles. The van der Waals surface area contributed by atoms with Gasteiger partial charge in [-0.1, -0.05) is 44.2 Å². The van der Waals surface area contributed by atoms with E-state index in [1.165, 1.54) is 4.68 Å². The molecular weight excluding hydrogens is 282 g/mol. The molecule has 0 unspecified atom stereocenters. The normalized spacial score (nSPS) is 11.2. The lowest BCUT2D eigenvalue weighted by Gasteiger charge is -1.97. The number of benzene rings is 1. The first kappa shape index (κ1) is 14.2. The van der Waals surface area contributed by atoms with Crippen molar-refractivity contribution in [3.05, 3.63) is 64.0 Å². The summed E-state index contributed by atoms with van der Waals surface area (Å²) in [5.41, 5.74) is 0.804. The Morgan fingerprint density at radius 2 is 2.00 bits per heavy atom. The van der Waals surface area contributed by atoms with Gasteiger partial charge in [-0.25, -0.2) is 9.48 Å². The summed E-state index contributed by atoms with van der Waals surface area (Å²) in [6.07, 6.45) is 0.574. The molecule has 3 rings (SSSR count). The highest BCUT2D eigenvalue weighted by atomic mass is 16.4. The van der Waals surface area contributed by atoms with E-state index in [9.17, 15) is 4.79 Å².